The van der Waals surface area contributed by atoms with Crippen LogP contribution in [0.2, 0.25) is 0 Å². The number of carbonyl (C=O) groups excluding carboxylic acids is 1. The highest BCUT2D eigenvalue weighted by Gasteiger charge is 2.14. The Kier molecular flexibility index (Phi) is 7.27. The summed E-state index contributed by atoms with van der Waals surface area (Å²) in [7, 11) is -3.67. The zero-order chi connectivity index (χ0) is 20.6. The van der Waals surface area contributed by atoms with Gasteiger partial charge in [0.2, 0.25) is 21.8 Å². The fraction of sp³-hybridized carbons (Fsp3) is 0.312. The van der Waals surface area contributed by atoms with Crippen molar-refractivity contribution in [3.63, 3.8) is 0 Å². The Bertz CT molecular complexity index is 944. The van der Waals surface area contributed by atoms with Crippen LogP contribution < -0.4 is 9.56 Å². The number of aromatic nitrogens is 1. The van der Waals surface area contributed by atoms with Crippen LogP contribution in [0.3, 0.4) is 0 Å². The maximum atomic E-state index is 12.1. The zero-order valence-corrected chi connectivity index (χ0v) is 15.5. The van der Waals surface area contributed by atoms with Gasteiger partial charge in [-0.2, -0.15) is 0 Å². The van der Waals surface area contributed by atoms with Gasteiger partial charge in [-0.05, 0) is 30.5 Å². The van der Waals surface area contributed by atoms with E-state index in [1.165, 1.54) is 36.4 Å². The number of carbonyl (C=O) groups is 1. The standard InChI is InChI=1S/C16H19N5O6S/c17-20-19-12-5-7-13(8-6-12)28(25,26)18-11-3-1-2-4-16(24)27-21-14(22)9-10-15(21)23/h5-10,18,22-23H,1-4,11H2. The Hall–Kier alpha value is -3.21. The molecule has 1 aromatic carbocycles. The molecule has 3 N–H and O–H groups in total. The topological polar surface area (TPSA) is 167 Å². The lowest BCUT2D eigenvalue weighted by molar-refractivity contribution is -0.145. The van der Waals surface area contributed by atoms with Crippen molar-refractivity contribution in [3.05, 3.63) is 46.8 Å². The van der Waals surface area contributed by atoms with Gasteiger partial charge in [0.05, 0.1) is 4.90 Å². The minimum absolute atomic E-state index is 0.0463. The molecule has 0 aliphatic heterocycles. The molecule has 0 atom stereocenters. The van der Waals surface area contributed by atoms with Gasteiger partial charge in [0.1, 0.15) is 0 Å². The van der Waals surface area contributed by atoms with E-state index in [2.05, 4.69) is 14.7 Å². The number of hydrogen-bond acceptors (Lipinski definition) is 7. The number of nitrogens with zero attached hydrogens (tertiary/aromatic N) is 4. The van der Waals surface area contributed by atoms with Crippen LogP contribution in [0.15, 0.2) is 46.4 Å². The fourth-order valence-electron chi connectivity index (χ4n) is 2.25. The predicted molar refractivity (Wildman–Crippen MR) is 98.3 cm³/mol. The van der Waals surface area contributed by atoms with E-state index in [4.69, 9.17) is 10.4 Å². The Morgan fingerprint density at radius 3 is 2.36 bits per heavy atom. The van der Waals surface area contributed by atoms with Crippen LogP contribution in [0.4, 0.5) is 5.69 Å². The quantitative estimate of drug-likeness (QED) is 0.236. The Balaban J connectivity index is 1.69. The Labute approximate surface area is 160 Å². The van der Waals surface area contributed by atoms with Crippen LogP contribution in [-0.4, -0.2) is 35.9 Å². The predicted octanol–water partition coefficient (Wildman–Crippen LogP) is 2.34. The molecule has 0 aliphatic carbocycles. The molecule has 0 bridgehead atoms. The van der Waals surface area contributed by atoms with Crippen molar-refractivity contribution in [2.24, 2.45) is 5.11 Å². The summed E-state index contributed by atoms with van der Waals surface area (Å²) in [5, 5.41) is 22.1. The number of nitrogens with one attached hydrogen (secondary N) is 1. The van der Waals surface area contributed by atoms with Gasteiger partial charge in [-0.25, -0.2) is 17.9 Å². The average molecular weight is 409 g/mol. The van der Waals surface area contributed by atoms with Crippen LogP contribution in [0.25, 0.3) is 10.4 Å². The fourth-order valence-corrected chi connectivity index (χ4v) is 3.32. The largest absolute Gasteiger partial charge is 0.492 e. The molecule has 0 fully saturated rings. The van der Waals surface area contributed by atoms with E-state index >= 15 is 0 Å². The molecule has 0 radical (unpaired) electrons. The molecule has 1 aromatic heterocycles. The number of hydrogen-bond donors (Lipinski definition) is 3. The first-order valence-corrected chi connectivity index (χ1v) is 9.77. The van der Waals surface area contributed by atoms with Crippen LogP contribution >= 0.6 is 0 Å². The van der Waals surface area contributed by atoms with Crippen molar-refractivity contribution in [2.45, 2.75) is 30.6 Å². The molecule has 0 spiro atoms. The van der Waals surface area contributed by atoms with E-state index in [1.54, 1.807) is 0 Å². The Morgan fingerprint density at radius 1 is 1.11 bits per heavy atom. The van der Waals surface area contributed by atoms with Crippen molar-refractivity contribution in [2.75, 3.05) is 6.54 Å². The van der Waals surface area contributed by atoms with Gasteiger partial charge in [-0.15, -0.1) is 4.73 Å². The monoisotopic (exact) mass is 409 g/mol. The van der Waals surface area contributed by atoms with Crippen molar-refractivity contribution < 1.29 is 28.3 Å². The van der Waals surface area contributed by atoms with Gasteiger partial charge >= 0.3 is 5.97 Å². The second-order valence-electron chi connectivity index (χ2n) is 5.70. The van der Waals surface area contributed by atoms with Crippen LogP contribution in [0, 0.1) is 0 Å². The smallest absolute Gasteiger partial charge is 0.333 e. The summed E-state index contributed by atoms with van der Waals surface area (Å²) in [4.78, 5) is 19.1. The molecular formula is C16H19N5O6S. The summed E-state index contributed by atoms with van der Waals surface area (Å²) in [6.45, 7) is 0.189. The van der Waals surface area contributed by atoms with E-state index in [0.29, 0.717) is 29.7 Å². The number of azide groups is 1. The number of sulfonamides is 1. The summed E-state index contributed by atoms with van der Waals surface area (Å²) in [5.74, 6) is -1.43. The Morgan fingerprint density at radius 2 is 1.75 bits per heavy atom. The van der Waals surface area contributed by atoms with Crippen molar-refractivity contribution in [1.82, 2.24) is 9.45 Å². The first kappa shape index (κ1) is 21.1. The normalized spacial score (nSPS) is 11.0. The van der Waals surface area contributed by atoms with E-state index in [1.807, 2.05) is 0 Å². The van der Waals surface area contributed by atoms with Crippen LogP contribution in [0.1, 0.15) is 25.7 Å². The van der Waals surface area contributed by atoms with Gasteiger partial charge in [-0.1, -0.05) is 23.7 Å². The minimum Gasteiger partial charge on any atom is -0.492 e. The molecule has 150 valence electrons. The molecule has 12 heteroatoms. The molecule has 0 unspecified atom stereocenters. The third-order valence-electron chi connectivity index (χ3n) is 3.65. The summed E-state index contributed by atoms with van der Waals surface area (Å²) in [6.07, 6.45) is 1.56. The minimum atomic E-state index is -3.67. The van der Waals surface area contributed by atoms with Crippen molar-refractivity contribution in [1.29, 1.82) is 0 Å². The van der Waals surface area contributed by atoms with Crippen LogP contribution in [0.5, 0.6) is 11.8 Å². The van der Waals surface area contributed by atoms with Gasteiger partial charge in [0, 0.05) is 35.7 Å². The molecule has 1 heterocycles. The highest BCUT2D eigenvalue weighted by atomic mass is 32.2. The molecule has 0 saturated carbocycles. The van der Waals surface area contributed by atoms with Gasteiger partial charge in [-0.3, -0.25) is 0 Å². The molecular weight excluding hydrogens is 390 g/mol. The maximum Gasteiger partial charge on any atom is 0.333 e. The van der Waals surface area contributed by atoms with Crippen molar-refractivity contribution >= 4 is 21.7 Å². The first-order chi connectivity index (χ1) is 13.3. The lowest BCUT2D eigenvalue weighted by Gasteiger charge is -2.08. The van der Waals surface area contributed by atoms with E-state index < -0.39 is 27.8 Å². The van der Waals surface area contributed by atoms with Crippen LogP contribution in [-0.2, 0) is 14.8 Å². The van der Waals surface area contributed by atoms with Gasteiger partial charge in [0.25, 0.3) is 0 Å². The van der Waals surface area contributed by atoms with Gasteiger partial charge in [0.15, 0.2) is 0 Å². The molecule has 11 nitrogen and oxygen atoms in total. The summed E-state index contributed by atoms with van der Waals surface area (Å²) < 4.78 is 27.4. The van der Waals surface area contributed by atoms with Gasteiger partial charge < -0.3 is 15.1 Å². The SMILES string of the molecule is [N-]=[N+]=Nc1ccc(S(=O)(=O)NCCCCCC(=O)On2c(O)ccc2O)cc1. The zero-order valence-electron chi connectivity index (χ0n) is 14.7. The first-order valence-electron chi connectivity index (χ1n) is 8.29. The second-order valence-corrected chi connectivity index (χ2v) is 7.47. The summed E-state index contributed by atoms with van der Waals surface area (Å²) in [5.41, 5.74) is 8.65. The van der Waals surface area contributed by atoms with E-state index in [9.17, 15) is 23.4 Å². The maximum absolute atomic E-state index is 12.1. The lowest BCUT2D eigenvalue weighted by atomic mass is 10.2. The summed E-state index contributed by atoms with van der Waals surface area (Å²) >= 11 is 0. The highest BCUT2D eigenvalue weighted by Crippen LogP contribution is 2.19. The molecule has 28 heavy (non-hydrogen) atoms. The third kappa shape index (κ3) is 5.91. The van der Waals surface area contributed by atoms with Crippen molar-refractivity contribution in [3.8, 4) is 11.8 Å². The van der Waals surface area contributed by atoms with E-state index in [0.717, 1.165) is 0 Å². The molecule has 2 aromatic rings. The van der Waals surface area contributed by atoms with E-state index in [-0.39, 0.29) is 17.9 Å². The molecule has 2 rings (SSSR count). The summed E-state index contributed by atoms with van der Waals surface area (Å²) in [6, 6.07) is 7.85. The average Bonchev–Trinajstić information content (AvgIpc) is 2.97. The number of benzene rings is 1. The second kappa shape index (κ2) is 9.65. The molecule has 0 aliphatic rings. The number of rotatable bonds is 10. The number of aromatic hydroxyl groups is 2. The molecule has 0 saturated heterocycles. The lowest BCUT2D eigenvalue weighted by Crippen LogP contribution is -2.24. The molecule has 0 amide bonds. The third-order valence-corrected chi connectivity index (χ3v) is 5.12. The number of unbranched alkanes of at least 4 members (excludes halogenated alkanes) is 2. The highest BCUT2D eigenvalue weighted by molar-refractivity contribution is 7.89.